The number of carbonyl (C=O) groups excluding carboxylic acids is 1. The number of pyridine rings is 1. The average molecular weight is 329 g/mol. The predicted octanol–water partition coefficient (Wildman–Crippen LogP) is 2.10. The molecular weight excluding hydrogens is 310 g/mol. The van der Waals surface area contributed by atoms with Crippen LogP contribution in [0.25, 0.3) is 0 Å². The monoisotopic (exact) mass is 329 g/mol. The maximum absolute atomic E-state index is 12.4. The summed E-state index contributed by atoms with van der Waals surface area (Å²) in [5, 5.41) is 12.1. The standard InChI is InChI=1S/C17H19N3O4/c21-11-13-12-23-10-9-20(13)17(22)19-15-7-4-8-16(18-15)24-14-5-2-1-3-6-14/h1-8,13,21H,9-12H2,(H,18,19,22)/t13-/m1/s1. The largest absolute Gasteiger partial charge is 0.439 e. The maximum Gasteiger partial charge on any atom is 0.323 e. The highest BCUT2D eigenvalue weighted by Gasteiger charge is 2.26. The Hall–Kier alpha value is -2.64. The second-order valence-corrected chi connectivity index (χ2v) is 5.31. The maximum atomic E-state index is 12.4. The van der Waals surface area contributed by atoms with E-state index >= 15 is 0 Å². The summed E-state index contributed by atoms with van der Waals surface area (Å²) in [6.07, 6.45) is 0. The predicted molar refractivity (Wildman–Crippen MR) is 88.2 cm³/mol. The number of carbonyl (C=O) groups is 1. The molecule has 3 rings (SSSR count). The number of hydrogen-bond acceptors (Lipinski definition) is 5. The number of ether oxygens (including phenoxy) is 2. The van der Waals surface area contributed by atoms with Gasteiger partial charge in [-0.3, -0.25) is 5.32 Å². The molecule has 7 heteroatoms. The summed E-state index contributed by atoms with van der Waals surface area (Å²) in [6.45, 7) is 1.07. The van der Waals surface area contributed by atoms with Gasteiger partial charge in [0.05, 0.1) is 25.9 Å². The van der Waals surface area contributed by atoms with Crippen molar-refractivity contribution in [2.24, 2.45) is 0 Å². The summed E-state index contributed by atoms with van der Waals surface area (Å²) >= 11 is 0. The fraction of sp³-hybridized carbons (Fsp3) is 0.294. The first-order valence-corrected chi connectivity index (χ1v) is 7.72. The van der Waals surface area contributed by atoms with Gasteiger partial charge >= 0.3 is 6.03 Å². The molecule has 2 heterocycles. The number of para-hydroxylation sites is 1. The Balaban J connectivity index is 1.66. The Morgan fingerprint density at radius 1 is 1.29 bits per heavy atom. The van der Waals surface area contributed by atoms with Crippen LogP contribution < -0.4 is 10.1 Å². The molecule has 0 aliphatic carbocycles. The fourth-order valence-electron chi connectivity index (χ4n) is 2.41. The van der Waals surface area contributed by atoms with Crippen molar-refractivity contribution >= 4 is 11.8 Å². The van der Waals surface area contributed by atoms with Gasteiger partial charge in [-0.2, -0.15) is 4.98 Å². The third kappa shape index (κ3) is 4.01. The lowest BCUT2D eigenvalue weighted by Gasteiger charge is -2.34. The number of rotatable bonds is 4. The van der Waals surface area contributed by atoms with Crippen LogP contribution in [-0.4, -0.2) is 53.4 Å². The van der Waals surface area contributed by atoms with Crippen molar-refractivity contribution < 1.29 is 19.4 Å². The van der Waals surface area contributed by atoms with Crippen LogP contribution >= 0.6 is 0 Å². The summed E-state index contributed by atoms with van der Waals surface area (Å²) in [7, 11) is 0. The Morgan fingerprint density at radius 2 is 2.12 bits per heavy atom. The number of aliphatic hydroxyl groups excluding tert-OH is 1. The lowest BCUT2D eigenvalue weighted by atomic mass is 10.2. The van der Waals surface area contributed by atoms with Gasteiger partial charge in [0.1, 0.15) is 11.6 Å². The molecule has 126 valence electrons. The van der Waals surface area contributed by atoms with E-state index in [2.05, 4.69) is 10.3 Å². The lowest BCUT2D eigenvalue weighted by Crippen LogP contribution is -2.52. The molecule has 1 atom stereocenters. The molecular formula is C17H19N3O4. The molecule has 0 radical (unpaired) electrons. The smallest absolute Gasteiger partial charge is 0.323 e. The zero-order chi connectivity index (χ0) is 16.8. The molecule has 0 bridgehead atoms. The summed E-state index contributed by atoms with van der Waals surface area (Å²) in [4.78, 5) is 18.2. The van der Waals surface area contributed by atoms with Crippen molar-refractivity contribution in [1.82, 2.24) is 9.88 Å². The van der Waals surface area contributed by atoms with Gasteiger partial charge in [0, 0.05) is 12.6 Å². The first kappa shape index (κ1) is 16.2. The van der Waals surface area contributed by atoms with E-state index in [0.29, 0.717) is 37.2 Å². The first-order chi connectivity index (χ1) is 11.8. The minimum atomic E-state index is -0.345. The number of aliphatic hydroxyl groups is 1. The minimum Gasteiger partial charge on any atom is -0.439 e. The van der Waals surface area contributed by atoms with Crippen LogP contribution in [0, 0.1) is 0 Å². The van der Waals surface area contributed by atoms with Crippen LogP contribution in [0.5, 0.6) is 11.6 Å². The van der Waals surface area contributed by atoms with E-state index in [9.17, 15) is 9.90 Å². The summed E-state index contributed by atoms with van der Waals surface area (Å²) < 4.78 is 10.9. The Labute approximate surface area is 139 Å². The fourth-order valence-corrected chi connectivity index (χ4v) is 2.41. The van der Waals surface area contributed by atoms with E-state index in [-0.39, 0.29) is 18.7 Å². The molecule has 2 N–H and O–H groups in total. The number of anilines is 1. The molecule has 1 fully saturated rings. The van der Waals surface area contributed by atoms with E-state index in [4.69, 9.17) is 9.47 Å². The first-order valence-electron chi connectivity index (χ1n) is 7.72. The molecule has 0 unspecified atom stereocenters. The zero-order valence-corrected chi connectivity index (χ0v) is 13.1. The summed E-state index contributed by atoms with van der Waals surface area (Å²) in [5.41, 5.74) is 0. The quantitative estimate of drug-likeness (QED) is 0.897. The van der Waals surface area contributed by atoms with Gasteiger partial charge in [0.25, 0.3) is 0 Å². The van der Waals surface area contributed by atoms with Gasteiger partial charge in [0.2, 0.25) is 5.88 Å². The molecule has 0 spiro atoms. The number of aromatic nitrogens is 1. The van der Waals surface area contributed by atoms with Gasteiger partial charge in [-0.15, -0.1) is 0 Å². The van der Waals surface area contributed by atoms with Crippen LogP contribution in [0.3, 0.4) is 0 Å². The molecule has 1 saturated heterocycles. The van der Waals surface area contributed by atoms with Crippen molar-refractivity contribution in [3.05, 3.63) is 48.5 Å². The van der Waals surface area contributed by atoms with Crippen LogP contribution in [-0.2, 0) is 4.74 Å². The van der Waals surface area contributed by atoms with Crippen LogP contribution in [0.4, 0.5) is 10.6 Å². The third-order valence-electron chi connectivity index (χ3n) is 3.62. The van der Waals surface area contributed by atoms with Gasteiger partial charge in [-0.1, -0.05) is 24.3 Å². The number of nitrogens with zero attached hydrogens (tertiary/aromatic N) is 2. The average Bonchev–Trinajstić information content (AvgIpc) is 2.63. The van der Waals surface area contributed by atoms with Gasteiger partial charge < -0.3 is 19.5 Å². The second kappa shape index (κ2) is 7.76. The van der Waals surface area contributed by atoms with Crippen molar-refractivity contribution in [1.29, 1.82) is 0 Å². The van der Waals surface area contributed by atoms with Crippen molar-refractivity contribution in [3.63, 3.8) is 0 Å². The molecule has 1 aliphatic rings. The van der Waals surface area contributed by atoms with Crippen LogP contribution in [0.15, 0.2) is 48.5 Å². The van der Waals surface area contributed by atoms with E-state index in [1.54, 1.807) is 23.1 Å². The molecule has 24 heavy (non-hydrogen) atoms. The van der Waals surface area contributed by atoms with E-state index in [1.807, 2.05) is 30.3 Å². The normalized spacial score (nSPS) is 17.4. The van der Waals surface area contributed by atoms with Crippen LogP contribution in [0.1, 0.15) is 0 Å². The molecule has 1 aliphatic heterocycles. The highest BCUT2D eigenvalue weighted by molar-refractivity contribution is 5.88. The van der Waals surface area contributed by atoms with E-state index < -0.39 is 0 Å². The molecule has 2 amide bonds. The Bertz CT molecular complexity index is 681. The molecule has 1 aromatic heterocycles. The van der Waals surface area contributed by atoms with E-state index in [0.717, 1.165) is 0 Å². The molecule has 0 saturated carbocycles. The second-order valence-electron chi connectivity index (χ2n) is 5.31. The zero-order valence-electron chi connectivity index (χ0n) is 13.1. The third-order valence-corrected chi connectivity index (χ3v) is 3.62. The van der Waals surface area contributed by atoms with Crippen molar-refractivity contribution in [2.45, 2.75) is 6.04 Å². The minimum absolute atomic E-state index is 0.141. The van der Waals surface area contributed by atoms with Crippen molar-refractivity contribution in [3.8, 4) is 11.6 Å². The number of nitrogens with one attached hydrogen (secondary N) is 1. The molecule has 1 aromatic carbocycles. The highest BCUT2D eigenvalue weighted by atomic mass is 16.5. The Morgan fingerprint density at radius 3 is 2.92 bits per heavy atom. The summed E-state index contributed by atoms with van der Waals surface area (Å²) in [5.74, 6) is 1.44. The number of amides is 2. The van der Waals surface area contributed by atoms with Gasteiger partial charge in [-0.25, -0.2) is 4.79 Å². The Kier molecular flexibility index (Phi) is 5.25. The van der Waals surface area contributed by atoms with Gasteiger partial charge in [-0.05, 0) is 18.2 Å². The highest BCUT2D eigenvalue weighted by Crippen LogP contribution is 2.20. The number of hydrogen-bond donors (Lipinski definition) is 2. The number of morpholine rings is 1. The van der Waals surface area contributed by atoms with Crippen molar-refractivity contribution in [2.75, 3.05) is 31.7 Å². The topological polar surface area (TPSA) is 83.9 Å². The lowest BCUT2D eigenvalue weighted by molar-refractivity contribution is -0.00486. The van der Waals surface area contributed by atoms with Gasteiger partial charge in [0.15, 0.2) is 0 Å². The van der Waals surface area contributed by atoms with Crippen LogP contribution in [0.2, 0.25) is 0 Å². The summed E-state index contributed by atoms with van der Waals surface area (Å²) in [6, 6.07) is 13.8. The number of urea groups is 1. The van der Waals surface area contributed by atoms with E-state index in [1.165, 1.54) is 0 Å². The SMILES string of the molecule is O=C(Nc1cccc(Oc2ccccc2)n1)N1CCOC[C@H]1CO. The molecule has 7 nitrogen and oxygen atoms in total. The number of benzene rings is 1. The molecule has 2 aromatic rings.